The normalized spacial score (nSPS) is 12.7. The lowest BCUT2D eigenvalue weighted by molar-refractivity contribution is 1.05. The summed E-state index contributed by atoms with van der Waals surface area (Å²) in [5.41, 5.74) is 5.77. The van der Waals surface area contributed by atoms with E-state index < -0.39 is 0 Å². The highest BCUT2D eigenvalue weighted by molar-refractivity contribution is 5.91. The number of rotatable bonds is 4. The lowest BCUT2D eigenvalue weighted by Gasteiger charge is -1.99. The SMILES string of the molecule is C=C(/C=c1/c(-c2nc3c(-c4cccnc4)nccc3[nH]2)n[nH]/c1=C/C)c1cn[nH]c1. The molecule has 0 saturated carbocycles. The van der Waals surface area contributed by atoms with Crippen LogP contribution in [-0.2, 0) is 0 Å². The van der Waals surface area contributed by atoms with Gasteiger partial charge in [0.2, 0.25) is 0 Å². The van der Waals surface area contributed by atoms with Crippen LogP contribution in [0.1, 0.15) is 12.5 Å². The van der Waals surface area contributed by atoms with Crippen LogP contribution in [-0.4, -0.2) is 40.3 Å². The zero-order valence-electron chi connectivity index (χ0n) is 16.2. The van der Waals surface area contributed by atoms with E-state index in [0.29, 0.717) is 11.5 Å². The van der Waals surface area contributed by atoms with E-state index in [9.17, 15) is 0 Å². The number of allylic oxidation sites excluding steroid dienone is 1. The van der Waals surface area contributed by atoms with Crippen LogP contribution in [0.2, 0.25) is 0 Å². The standard InChI is InChI=1S/C22H18N8/c1-3-17-16(9-13(2)15-11-25-26-12-15)20(30-29-17)22-27-18-6-8-24-19(21(18)28-22)14-5-4-7-23-10-14/h3-12,29H,2H2,1H3,(H,25,26)(H,27,28)/b16-9+,17-3+. The van der Waals surface area contributed by atoms with Crippen LogP contribution in [0.25, 0.3) is 51.5 Å². The molecule has 0 saturated heterocycles. The average molecular weight is 394 g/mol. The number of hydrogen-bond acceptors (Lipinski definition) is 5. The fourth-order valence-electron chi connectivity index (χ4n) is 3.36. The molecule has 8 heteroatoms. The van der Waals surface area contributed by atoms with Crippen LogP contribution in [0.4, 0.5) is 0 Å². The van der Waals surface area contributed by atoms with Gasteiger partial charge in [-0.05, 0) is 36.8 Å². The average Bonchev–Trinajstić information content (AvgIpc) is 3.53. The van der Waals surface area contributed by atoms with Gasteiger partial charge in [0, 0.05) is 41.1 Å². The number of imidazole rings is 1. The smallest absolute Gasteiger partial charge is 0.159 e. The van der Waals surface area contributed by atoms with E-state index in [2.05, 4.69) is 41.9 Å². The van der Waals surface area contributed by atoms with Crippen molar-refractivity contribution < 1.29 is 0 Å². The van der Waals surface area contributed by atoms with Crippen LogP contribution in [0.3, 0.4) is 0 Å². The molecule has 0 aromatic carbocycles. The van der Waals surface area contributed by atoms with Gasteiger partial charge in [0.1, 0.15) is 11.2 Å². The van der Waals surface area contributed by atoms with E-state index in [-0.39, 0.29) is 0 Å². The second kappa shape index (κ2) is 7.25. The maximum Gasteiger partial charge on any atom is 0.159 e. The first-order valence-electron chi connectivity index (χ1n) is 9.40. The molecular weight excluding hydrogens is 376 g/mol. The molecule has 0 spiro atoms. The monoisotopic (exact) mass is 394 g/mol. The van der Waals surface area contributed by atoms with Crippen LogP contribution >= 0.6 is 0 Å². The predicted molar refractivity (Wildman–Crippen MR) is 116 cm³/mol. The minimum absolute atomic E-state index is 0.652. The van der Waals surface area contributed by atoms with Crippen molar-refractivity contribution >= 4 is 28.8 Å². The number of hydrogen-bond donors (Lipinski definition) is 3. The van der Waals surface area contributed by atoms with Gasteiger partial charge in [0.15, 0.2) is 5.82 Å². The van der Waals surface area contributed by atoms with Gasteiger partial charge in [-0.15, -0.1) is 0 Å². The van der Waals surface area contributed by atoms with Crippen LogP contribution in [0.15, 0.2) is 55.8 Å². The van der Waals surface area contributed by atoms with Crippen molar-refractivity contribution in [2.75, 3.05) is 0 Å². The Morgan fingerprint density at radius 1 is 1.13 bits per heavy atom. The summed E-state index contributed by atoms with van der Waals surface area (Å²) in [6.07, 6.45) is 12.8. The highest BCUT2D eigenvalue weighted by Crippen LogP contribution is 2.26. The molecule has 0 aliphatic carbocycles. The molecule has 5 rings (SSSR count). The van der Waals surface area contributed by atoms with Gasteiger partial charge in [-0.1, -0.05) is 12.7 Å². The third kappa shape index (κ3) is 3.00. The maximum atomic E-state index is 4.83. The van der Waals surface area contributed by atoms with Gasteiger partial charge >= 0.3 is 0 Å². The first-order valence-corrected chi connectivity index (χ1v) is 9.40. The summed E-state index contributed by atoms with van der Waals surface area (Å²) in [6.45, 7) is 6.12. The Bertz CT molecular complexity index is 1460. The van der Waals surface area contributed by atoms with Crippen molar-refractivity contribution in [2.24, 2.45) is 0 Å². The Labute approximate surface area is 171 Å². The molecule has 0 radical (unpaired) electrons. The molecule has 0 bridgehead atoms. The molecule has 0 unspecified atom stereocenters. The minimum atomic E-state index is 0.652. The Hall–Kier alpha value is -4.33. The summed E-state index contributed by atoms with van der Waals surface area (Å²) >= 11 is 0. The van der Waals surface area contributed by atoms with Gasteiger partial charge in [-0.3, -0.25) is 20.2 Å². The zero-order valence-corrected chi connectivity index (χ0v) is 16.2. The summed E-state index contributed by atoms with van der Waals surface area (Å²) in [5, 5.41) is 16.2. The van der Waals surface area contributed by atoms with Crippen LogP contribution < -0.4 is 10.6 Å². The largest absolute Gasteiger partial charge is 0.336 e. The van der Waals surface area contributed by atoms with Gasteiger partial charge in [0.05, 0.1) is 22.8 Å². The van der Waals surface area contributed by atoms with Crippen molar-refractivity contribution in [2.45, 2.75) is 6.92 Å². The zero-order chi connectivity index (χ0) is 20.5. The third-order valence-electron chi connectivity index (χ3n) is 4.87. The lowest BCUT2D eigenvalue weighted by Crippen LogP contribution is -2.23. The number of fused-ring (bicyclic) bond motifs is 1. The number of pyridine rings is 2. The predicted octanol–water partition coefficient (Wildman–Crippen LogP) is 2.43. The Balaban J connectivity index is 1.69. The summed E-state index contributed by atoms with van der Waals surface area (Å²) < 4.78 is 0. The van der Waals surface area contributed by atoms with E-state index in [4.69, 9.17) is 4.98 Å². The Kier molecular flexibility index (Phi) is 4.29. The van der Waals surface area contributed by atoms with E-state index in [1.165, 1.54) is 0 Å². The van der Waals surface area contributed by atoms with Crippen molar-refractivity contribution in [1.29, 1.82) is 0 Å². The second-order valence-corrected chi connectivity index (χ2v) is 6.73. The number of H-pyrrole nitrogens is 3. The number of aromatic nitrogens is 8. The van der Waals surface area contributed by atoms with Crippen LogP contribution in [0.5, 0.6) is 0 Å². The molecule has 5 aromatic heterocycles. The van der Waals surface area contributed by atoms with Gasteiger partial charge in [-0.2, -0.15) is 10.2 Å². The third-order valence-corrected chi connectivity index (χ3v) is 4.87. The molecule has 0 atom stereocenters. The van der Waals surface area contributed by atoms with E-state index in [1.54, 1.807) is 31.0 Å². The quantitative estimate of drug-likeness (QED) is 0.433. The van der Waals surface area contributed by atoms with Crippen molar-refractivity contribution in [1.82, 2.24) is 40.3 Å². The lowest BCUT2D eigenvalue weighted by atomic mass is 10.1. The molecule has 0 amide bonds. The summed E-state index contributed by atoms with van der Waals surface area (Å²) in [5.74, 6) is 0.652. The van der Waals surface area contributed by atoms with Crippen molar-refractivity contribution in [3.63, 3.8) is 0 Å². The molecule has 5 aromatic rings. The topological polar surface area (TPSA) is 112 Å². The fourth-order valence-corrected chi connectivity index (χ4v) is 3.36. The van der Waals surface area contributed by atoms with Gasteiger partial charge in [0.25, 0.3) is 0 Å². The molecule has 0 aliphatic heterocycles. The molecule has 146 valence electrons. The Morgan fingerprint density at radius 2 is 2.07 bits per heavy atom. The highest BCUT2D eigenvalue weighted by Gasteiger charge is 2.15. The van der Waals surface area contributed by atoms with Crippen molar-refractivity contribution in [3.8, 4) is 22.8 Å². The number of aromatic amines is 3. The molecule has 8 nitrogen and oxygen atoms in total. The van der Waals surface area contributed by atoms with E-state index in [1.807, 2.05) is 37.3 Å². The summed E-state index contributed by atoms with van der Waals surface area (Å²) in [4.78, 5) is 16.9. The first kappa shape index (κ1) is 17.7. The molecular formula is C22H18N8. The minimum Gasteiger partial charge on any atom is -0.336 e. The molecule has 5 heterocycles. The second-order valence-electron chi connectivity index (χ2n) is 6.73. The fraction of sp³-hybridized carbons (Fsp3) is 0.0455. The van der Waals surface area contributed by atoms with E-state index in [0.717, 1.165) is 44.0 Å². The van der Waals surface area contributed by atoms with Gasteiger partial charge in [-0.25, -0.2) is 4.98 Å². The van der Waals surface area contributed by atoms with E-state index >= 15 is 0 Å². The van der Waals surface area contributed by atoms with Crippen LogP contribution in [0, 0.1) is 0 Å². The first-order chi connectivity index (χ1) is 14.7. The van der Waals surface area contributed by atoms with Gasteiger partial charge < -0.3 is 4.98 Å². The molecule has 0 fully saturated rings. The number of nitrogens with zero attached hydrogens (tertiary/aromatic N) is 5. The maximum absolute atomic E-state index is 4.83. The molecule has 30 heavy (non-hydrogen) atoms. The molecule has 0 aliphatic rings. The summed E-state index contributed by atoms with van der Waals surface area (Å²) in [7, 11) is 0. The Morgan fingerprint density at radius 3 is 2.83 bits per heavy atom. The molecule has 3 N–H and O–H groups in total. The number of nitrogens with one attached hydrogen (secondary N) is 3. The summed E-state index contributed by atoms with van der Waals surface area (Å²) in [6, 6.07) is 5.75. The highest BCUT2D eigenvalue weighted by atomic mass is 15.1. The van der Waals surface area contributed by atoms with Crippen molar-refractivity contribution in [3.05, 3.63) is 71.9 Å².